The van der Waals surface area contributed by atoms with Gasteiger partial charge >= 0.3 is 6.36 Å². The van der Waals surface area contributed by atoms with Crippen molar-refractivity contribution in [3.63, 3.8) is 0 Å². The van der Waals surface area contributed by atoms with Crippen LogP contribution in [0.4, 0.5) is 13.2 Å². The SMILES string of the molecule is Cc1ccc(CN)c(=O)n1CCOC(F)(F)F. The smallest absolute Gasteiger partial charge is 0.326 e. The molecular weight excluding hydrogens is 237 g/mol. The fourth-order valence-electron chi connectivity index (χ4n) is 1.40. The lowest BCUT2D eigenvalue weighted by molar-refractivity contribution is -0.325. The first-order valence-electron chi connectivity index (χ1n) is 4.95. The van der Waals surface area contributed by atoms with E-state index in [9.17, 15) is 18.0 Å². The molecule has 96 valence electrons. The summed E-state index contributed by atoms with van der Waals surface area (Å²) in [6.45, 7) is 0.935. The molecule has 1 aromatic heterocycles. The maximum Gasteiger partial charge on any atom is 0.522 e. The molecule has 7 heteroatoms. The van der Waals surface area contributed by atoms with Gasteiger partial charge in [0, 0.05) is 24.3 Å². The second-order valence-corrected chi connectivity index (χ2v) is 3.46. The predicted octanol–water partition coefficient (Wildman–Crippen LogP) is 1.15. The highest BCUT2D eigenvalue weighted by Crippen LogP contribution is 2.15. The van der Waals surface area contributed by atoms with E-state index in [1.165, 1.54) is 4.57 Å². The zero-order valence-corrected chi connectivity index (χ0v) is 9.25. The number of halogens is 3. The van der Waals surface area contributed by atoms with Crippen LogP contribution < -0.4 is 11.3 Å². The molecule has 2 N–H and O–H groups in total. The van der Waals surface area contributed by atoms with Crippen LogP contribution in [0.5, 0.6) is 0 Å². The molecule has 1 aromatic rings. The number of aromatic nitrogens is 1. The zero-order chi connectivity index (χ0) is 13.1. The predicted molar refractivity (Wildman–Crippen MR) is 55.3 cm³/mol. The number of rotatable bonds is 4. The van der Waals surface area contributed by atoms with E-state index in [0.717, 1.165) is 0 Å². The minimum Gasteiger partial charge on any atom is -0.326 e. The fraction of sp³-hybridized carbons (Fsp3) is 0.500. The van der Waals surface area contributed by atoms with Crippen molar-refractivity contribution in [2.75, 3.05) is 6.61 Å². The number of aryl methyl sites for hydroxylation is 1. The van der Waals surface area contributed by atoms with E-state index in [4.69, 9.17) is 5.73 Å². The number of ether oxygens (including phenoxy) is 1. The van der Waals surface area contributed by atoms with Crippen LogP contribution in [0.15, 0.2) is 16.9 Å². The lowest BCUT2D eigenvalue weighted by Gasteiger charge is -2.12. The molecule has 1 heterocycles. The maximum absolute atomic E-state index is 11.8. The van der Waals surface area contributed by atoms with E-state index < -0.39 is 13.0 Å². The van der Waals surface area contributed by atoms with Crippen molar-refractivity contribution < 1.29 is 17.9 Å². The van der Waals surface area contributed by atoms with Crippen LogP contribution in [0.2, 0.25) is 0 Å². The van der Waals surface area contributed by atoms with Gasteiger partial charge in [-0.2, -0.15) is 0 Å². The van der Waals surface area contributed by atoms with Crippen LogP contribution in [-0.2, 0) is 17.8 Å². The Hall–Kier alpha value is -1.34. The fourth-order valence-corrected chi connectivity index (χ4v) is 1.40. The standard InChI is InChI=1S/C10H13F3N2O2/c1-7-2-3-8(6-14)9(16)15(7)4-5-17-10(11,12)13/h2-3H,4-6,14H2,1H3. The van der Waals surface area contributed by atoms with Gasteiger partial charge in [0.15, 0.2) is 0 Å². The van der Waals surface area contributed by atoms with Gasteiger partial charge in [-0.15, -0.1) is 13.2 Å². The number of nitrogens with zero attached hydrogens (tertiary/aromatic N) is 1. The third kappa shape index (κ3) is 3.86. The van der Waals surface area contributed by atoms with Crippen LogP contribution in [0.3, 0.4) is 0 Å². The third-order valence-corrected chi connectivity index (χ3v) is 2.27. The highest BCUT2D eigenvalue weighted by molar-refractivity contribution is 5.15. The summed E-state index contributed by atoms with van der Waals surface area (Å²) in [5.74, 6) is 0. The first kappa shape index (κ1) is 13.7. The highest BCUT2D eigenvalue weighted by Gasteiger charge is 2.28. The lowest BCUT2D eigenvalue weighted by atomic mass is 10.2. The van der Waals surface area contributed by atoms with Gasteiger partial charge in [0.25, 0.3) is 5.56 Å². The van der Waals surface area contributed by atoms with E-state index >= 15 is 0 Å². The number of alkyl halides is 3. The van der Waals surface area contributed by atoms with Gasteiger partial charge in [-0.25, -0.2) is 0 Å². The molecule has 0 bridgehead atoms. The summed E-state index contributed by atoms with van der Waals surface area (Å²) in [6.07, 6.45) is -4.68. The molecule has 0 aliphatic heterocycles. The Morgan fingerprint density at radius 3 is 2.59 bits per heavy atom. The molecule has 17 heavy (non-hydrogen) atoms. The Kier molecular flexibility index (Phi) is 4.30. The van der Waals surface area contributed by atoms with Gasteiger partial charge in [-0.05, 0) is 13.0 Å². The zero-order valence-electron chi connectivity index (χ0n) is 9.25. The summed E-state index contributed by atoms with van der Waals surface area (Å²) in [4.78, 5) is 11.7. The minimum absolute atomic E-state index is 0.0548. The highest BCUT2D eigenvalue weighted by atomic mass is 19.4. The summed E-state index contributed by atoms with van der Waals surface area (Å²) < 4.78 is 40.2. The molecule has 1 rings (SSSR count). The topological polar surface area (TPSA) is 57.2 Å². The molecule has 0 aliphatic carbocycles. The Morgan fingerprint density at radius 1 is 1.41 bits per heavy atom. The van der Waals surface area contributed by atoms with Crippen molar-refractivity contribution in [2.24, 2.45) is 5.73 Å². The molecule has 0 saturated carbocycles. The molecule has 0 atom stereocenters. The normalized spacial score (nSPS) is 11.8. The van der Waals surface area contributed by atoms with Crippen LogP contribution >= 0.6 is 0 Å². The van der Waals surface area contributed by atoms with Crippen molar-refractivity contribution in [2.45, 2.75) is 26.4 Å². The molecule has 4 nitrogen and oxygen atoms in total. The molecule has 0 fully saturated rings. The Bertz CT molecular complexity index is 440. The third-order valence-electron chi connectivity index (χ3n) is 2.27. The molecule has 0 aliphatic rings. The van der Waals surface area contributed by atoms with Crippen molar-refractivity contribution in [3.8, 4) is 0 Å². The van der Waals surface area contributed by atoms with E-state index in [-0.39, 0.29) is 18.6 Å². The molecule has 0 amide bonds. The van der Waals surface area contributed by atoms with Gasteiger partial charge in [-0.1, -0.05) is 6.07 Å². The van der Waals surface area contributed by atoms with Crippen molar-refractivity contribution >= 4 is 0 Å². The van der Waals surface area contributed by atoms with Crippen LogP contribution in [-0.4, -0.2) is 17.5 Å². The number of hydrogen-bond acceptors (Lipinski definition) is 3. The van der Waals surface area contributed by atoms with Crippen LogP contribution in [0.1, 0.15) is 11.3 Å². The lowest BCUT2D eigenvalue weighted by Crippen LogP contribution is -2.29. The Labute approximate surface area is 95.8 Å². The van der Waals surface area contributed by atoms with E-state index in [2.05, 4.69) is 4.74 Å². The quantitative estimate of drug-likeness (QED) is 0.872. The van der Waals surface area contributed by atoms with E-state index in [1.54, 1.807) is 19.1 Å². The number of hydrogen-bond donors (Lipinski definition) is 1. The second-order valence-electron chi connectivity index (χ2n) is 3.46. The first-order valence-corrected chi connectivity index (χ1v) is 4.95. The monoisotopic (exact) mass is 250 g/mol. The number of pyridine rings is 1. The van der Waals surface area contributed by atoms with E-state index in [0.29, 0.717) is 11.3 Å². The molecule has 0 spiro atoms. The Morgan fingerprint density at radius 2 is 2.06 bits per heavy atom. The minimum atomic E-state index is -4.68. The molecular formula is C10H13F3N2O2. The summed E-state index contributed by atoms with van der Waals surface area (Å²) in [6, 6.07) is 3.20. The number of nitrogens with two attached hydrogens (primary N) is 1. The average molecular weight is 250 g/mol. The van der Waals surface area contributed by atoms with Gasteiger partial charge in [-0.3, -0.25) is 9.53 Å². The van der Waals surface area contributed by atoms with Crippen molar-refractivity contribution in [3.05, 3.63) is 33.7 Å². The maximum atomic E-state index is 11.8. The molecule has 0 saturated heterocycles. The molecule has 0 radical (unpaired) electrons. The van der Waals surface area contributed by atoms with Gasteiger partial charge in [0.1, 0.15) is 0 Å². The molecule has 0 unspecified atom stereocenters. The molecule has 0 aromatic carbocycles. The Balaban J connectivity index is 2.80. The average Bonchev–Trinajstić information content (AvgIpc) is 2.21. The summed E-state index contributed by atoms with van der Waals surface area (Å²) in [7, 11) is 0. The second kappa shape index (κ2) is 5.33. The van der Waals surface area contributed by atoms with Crippen molar-refractivity contribution in [1.29, 1.82) is 0 Å². The summed E-state index contributed by atoms with van der Waals surface area (Å²) in [5, 5.41) is 0. The van der Waals surface area contributed by atoms with Crippen molar-refractivity contribution in [1.82, 2.24) is 4.57 Å². The largest absolute Gasteiger partial charge is 0.522 e. The van der Waals surface area contributed by atoms with E-state index in [1.807, 2.05) is 0 Å². The van der Waals surface area contributed by atoms with Crippen LogP contribution in [0, 0.1) is 6.92 Å². The van der Waals surface area contributed by atoms with Crippen LogP contribution in [0.25, 0.3) is 0 Å². The summed E-state index contributed by atoms with van der Waals surface area (Å²) in [5.41, 5.74) is 5.90. The van der Waals surface area contributed by atoms with Gasteiger partial charge < -0.3 is 10.3 Å². The first-order chi connectivity index (χ1) is 7.85. The van der Waals surface area contributed by atoms with Gasteiger partial charge in [0.2, 0.25) is 0 Å². The van der Waals surface area contributed by atoms with Gasteiger partial charge in [0.05, 0.1) is 6.61 Å². The summed E-state index contributed by atoms with van der Waals surface area (Å²) >= 11 is 0.